The quantitative estimate of drug-likeness (QED) is 0.891. The molecule has 0 saturated carbocycles. The first-order valence-corrected chi connectivity index (χ1v) is 6.79. The second-order valence-electron chi connectivity index (χ2n) is 5.60. The number of imidazole rings is 1. The lowest BCUT2D eigenvalue weighted by Crippen LogP contribution is -2.36. The number of aromatic nitrogens is 2. The number of hydrogen-bond donors (Lipinski definition) is 1. The molecule has 102 valence electrons. The molecule has 0 fully saturated rings. The van der Waals surface area contributed by atoms with Gasteiger partial charge in [0.25, 0.3) is 0 Å². The van der Waals surface area contributed by atoms with Gasteiger partial charge in [0.2, 0.25) is 0 Å². The first-order chi connectivity index (χ1) is 9.04. The predicted molar refractivity (Wildman–Crippen MR) is 79.2 cm³/mol. The zero-order chi connectivity index (χ0) is 13.9. The molecule has 1 heterocycles. The molecule has 1 atom stereocenters. The van der Waals surface area contributed by atoms with Crippen LogP contribution in [0, 0.1) is 0 Å². The third-order valence-corrected chi connectivity index (χ3v) is 3.78. The van der Waals surface area contributed by atoms with Crippen molar-refractivity contribution in [1.29, 1.82) is 0 Å². The molecule has 2 rings (SSSR count). The van der Waals surface area contributed by atoms with E-state index in [1.165, 1.54) is 11.3 Å². The Morgan fingerprint density at radius 1 is 1.26 bits per heavy atom. The van der Waals surface area contributed by atoms with Gasteiger partial charge in [-0.15, -0.1) is 0 Å². The van der Waals surface area contributed by atoms with Crippen molar-refractivity contribution in [3.63, 3.8) is 0 Å². The minimum atomic E-state index is -0.0680. The molecule has 0 aliphatic rings. The first kappa shape index (κ1) is 13.8. The van der Waals surface area contributed by atoms with Crippen molar-refractivity contribution in [3.8, 4) is 0 Å². The van der Waals surface area contributed by atoms with E-state index in [9.17, 15) is 0 Å². The molecular weight excluding hydrogens is 234 g/mol. The Labute approximate surface area is 115 Å². The summed E-state index contributed by atoms with van der Waals surface area (Å²) in [5, 5.41) is 3.34. The van der Waals surface area contributed by atoms with Crippen molar-refractivity contribution in [2.24, 2.45) is 0 Å². The molecule has 0 radical (unpaired) electrons. The number of nitrogens with zero attached hydrogens (tertiary/aromatic N) is 2. The summed E-state index contributed by atoms with van der Waals surface area (Å²) in [6.07, 6.45) is 4.91. The Kier molecular flexibility index (Phi) is 4.05. The Morgan fingerprint density at radius 2 is 1.95 bits per heavy atom. The van der Waals surface area contributed by atoms with Crippen LogP contribution in [-0.4, -0.2) is 16.6 Å². The lowest BCUT2D eigenvalue weighted by Gasteiger charge is -2.28. The monoisotopic (exact) mass is 257 g/mol. The second-order valence-corrected chi connectivity index (χ2v) is 5.60. The molecule has 3 heteroatoms. The minimum absolute atomic E-state index is 0.0680. The first-order valence-electron chi connectivity index (χ1n) is 6.79. The molecular formula is C16H23N3. The van der Waals surface area contributed by atoms with Crippen molar-refractivity contribution < 1.29 is 0 Å². The maximum absolute atomic E-state index is 4.32. The molecule has 1 N–H and O–H groups in total. The Balaban J connectivity index is 2.21. The van der Waals surface area contributed by atoms with E-state index in [2.05, 4.69) is 66.0 Å². The zero-order valence-corrected chi connectivity index (χ0v) is 12.2. The summed E-state index contributed by atoms with van der Waals surface area (Å²) in [6.45, 7) is 6.59. The maximum atomic E-state index is 4.32. The molecule has 0 aliphatic heterocycles. The van der Waals surface area contributed by atoms with Crippen LogP contribution in [-0.2, 0) is 12.0 Å². The van der Waals surface area contributed by atoms with Gasteiger partial charge in [0.15, 0.2) is 0 Å². The summed E-state index contributed by atoms with van der Waals surface area (Å²) < 4.78 is 2.27. The van der Waals surface area contributed by atoms with Gasteiger partial charge in [-0.2, -0.15) is 0 Å². The van der Waals surface area contributed by atoms with Crippen LogP contribution in [0.3, 0.4) is 0 Å². The average Bonchev–Trinajstić information content (AvgIpc) is 2.90. The molecule has 19 heavy (non-hydrogen) atoms. The summed E-state index contributed by atoms with van der Waals surface area (Å²) in [7, 11) is 1.99. The highest BCUT2D eigenvalue weighted by atomic mass is 15.1. The third kappa shape index (κ3) is 3.04. The average molecular weight is 257 g/mol. The summed E-state index contributed by atoms with van der Waals surface area (Å²) >= 11 is 0. The molecule has 0 saturated heterocycles. The van der Waals surface area contributed by atoms with Gasteiger partial charge in [0.1, 0.15) is 0 Å². The predicted octanol–water partition coefficient (Wildman–Crippen LogP) is 3.14. The van der Waals surface area contributed by atoms with E-state index in [0.717, 1.165) is 6.42 Å². The van der Waals surface area contributed by atoms with E-state index in [1.807, 2.05) is 19.6 Å². The van der Waals surface area contributed by atoms with Crippen molar-refractivity contribution in [3.05, 3.63) is 54.1 Å². The van der Waals surface area contributed by atoms with Crippen LogP contribution < -0.4 is 5.32 Å². The van der Waals surface area contributed by atoms with Gasteiger partial charge < -0.3 is 9.88 Å². The molecule has 0 spiro atoms. The van der Waals surface area contributed by atoms with Gasteiger partial charge in [0.05, 0.1) is 23.8 Å². The second kappa shape index (κ2) is 5.57. The van der Waals surface area contributed by atoms with Gasteiger partial charge >= 0.3 is 0 Å². The molecule has 0 bridgehead atoms. The van der Waals surface area contributed by atoms with Crippen molar-refractivity contribution in [2.75, 3.05) is 7.05 Å². The van der Waals surface area contributed by atoms with Crippen LogP contribution in [0.25, 0.3) is 0 Å². The standard InChI is InChI=1S/C16H23N3/c1-13(10-14-8-6-5-7-9-14)19-12-18-11-15(19)16(2,3)17-4/h5-9,11-13,17H,10H2,1-4H3. The van der Waals surface area contributed by atoms with Crippen LogP contribution in [0.2, 0.25) is 0 Å². The van der Waals surface area contributed by atoms with E-state index in [0.29, 0.717) is 6.04 Å². The summed E-state index contributed by atoms with van der Waals surface area (Å²) in [5.41, 5.74) is 2.51. The van der Waals surface area contributed by atoms with E-state index in [4.69, 9.17) is 0 Å². The Bertz CT molecular complexity index is 514. The molecule has 3 nitrogen and oxygen atoms in total. The van der Waals surface area contributed by atoms with Gasteiger partial charge in [-0.05, 0) is 39.8 Å². The molecule has 1 unspecified atom stereocenters. The van der Waals surface area contributed by atoms with Crippen LogP contribution in [0.15, 0.2) is 42.9 Å². The van der Waals surface area contributed by atoms with E-state index >= 15 is 0 Å². The summed E-state index contributed by atoms with van der Waals surface area (Å²) in [4.78, 5) is 4.32. The van der Waals surface area contributed by atoms with E-state index < -0.39 is 0 Å². The van der Waals surface area contributed by atoms with Crippen LogP contribution in [0.1, 0.15) is 38.1 Å². The molecule has 0 amide bonds. The highest BCUT2D eigenvalue weighted by Gasteiger charge is 2.24. The van der Waals surface area contributed by atoms with E-state index in [-0.39, 0.29) is 5.54 Å². The van der Waals surface area contributed by atoms with Gasteiger partial charge in [-0.1, -0.05) is 30.3 Å². The smallest absolute Gasteiger partial charge is 0.0951 e. The van der Waals surface area contributed by atoms with Crippen molar-refractivity contribution >= 4 is 0 Å². The highest BCUT2D eigenvalue weighted by molar-refractivity contribution is 5.17. The number of rotatable bonds is 5. The van der Waals surface area contributed by atoms with Gasteiger partial charge in [-0.3, -0.25) is 0 Å². The largest absolute Gasteiger partial charge is 0.330 e. The maximum Gasteiger partial charge on any atom is 0.0951 e. The third-order valence-electron chi connectivity index (χ3n) is 3.78. The molecule has 0 aliphatic carbocycles. The fraction of sp³-hybridized carbons (Fsp3) is 0.438. The Morgan fingerprint density at radius 3 is 2.58 bits per heavy atom. The number of nitrogens with one attached hydrogen (secondary N) is 1. The number of benzene rings is 1. The van der Waals surface area contributed by atoms with Crippen molar-refractivity contribution in [1.82, 2.24) is 14.9 Å². The van der Waals surface area contributed by atoms with Crippen molar-refractivity contribution in [2.45, 2.75) is 38.8 Å². The van der Waals surface area contributed by atoms with Gasteiger partial charge in [0, 0.05) is 6.04 Å². The van der Waals surface area contributed by atoms with E-state index in [1.54, 1.807) is 0 Å². The molecule has 1 aromatic carbocycles. The van der Waals surface area contributed by atoms with Gasteiger partial charge in [-0.25, -0.2) is 4.98 Å². The van der Waals surface area contributed by atoms with Crippen LogP contribution >= 0.6 is 0 Å². The number of hydrogen-bond acceptors (Lipinski definition) is 2. The minimum Gasteiger partial charge on any atom is -0.330 e. The lowest BCUT2D eigenvalue weighted by molar-refractivity contribution is 0.388. The van der Waals surface area contributed by atoms with Crippen LogP contribution in [0.5, 0.6) is 0 Å². The normalized spacial score (nSPS) is 13.5. The molecule has 1 aromatic heterocycles. The zero-order valence-electron chi connectivity index (χ0n) is 12.2. The molecule has 2 aromatic rings. The fourth-order valence-electron chi connectivity index (χ4n) is 2.32. The summed E-state index contributed by atoms with van der Waals surface area (Å²) in [6, 6.07) is 11.0. The van der Waals surface area contributed by atoms with Crippen LogP contribution in [0.4, 0.5) is 0 Å². The topological polar surface area (TPSA) is 29.9 Å². The highest BCUT2D eigenvalue weighted by Crippen LogP contribution is 2.24. The fourth-order valence-corrected chi connectivity index (χ4v) is 2.32. The summed E-state index contributed by atoms with van der Waals surface area (Å²) in [5.74, 6) is 0. The Hall–Kier alpha value is -1.61. The lowest BCUT2D eigenvalue weighted by atomic mass is 10.00. The SMILES string of the molecule is CNC(C)(C)c1cncn1C(C)Cc1ccccc1.